The number of amides is 2. The molecule has 2 amide bonds. The Bertz CT molecular complexity index is 594. The lowest BCUT2D eigenvalue weighted by atomic mass is 10.1. The number of hydrogen-bond acceptors (Lipinski definition) is 5. The fourth-order valence-corrected chi connectivity index (χ4v) is 3.42. The van der Waals surface area contributed by atoms with Gasteiger partial charge in [-0.3, -0.25) is 14.5 Å². The minimum Gasteiger partial charge on any atom is -0.494 e. The Balaban J connectivity index is 1.70. The van der Waals surface area contributed by atoms with E-state index in [-0.39, 0.29) is 24.3 Å². The number of hydrogen-bond donors (Lipinski definition) is 0. The molecule has 1 unspecified atom stereocenters. The summed E-state index contributed by atoms with van der Waals surface area (Å²) in [6.45, 7) is 9.28. The van der Waals surface area contributed by atoms with Crippen molar-refractivity contribution in [2.24, 2.45) is 0 Å². The molecular weight excluding hydrogens is 306 g/mol. The highest BCUT2D eigenvalue weighted by atomic mass is 16.5. The van der Waals surface area contributed by atoms with Crippen LogP contribution in [0.15, 0.2) is 24.3 Å². The van der Waals surface area contributed by atoms with Crippen molar-refractivity contribution in [1.82, 2.24) is 9.80 Å². The Hall–Kier alpha value is -1.92. The van der Waals surface area contributed by atoms with Crippen LogP contribution in [0.5, 0.6) is 5.75 Å². The summed E-state index contributed by atoms with van der Waals surface area (Å²) in [5, 5.41) is 0. The number of carbonyl (C=O) groups is 2. The first-order valence-electron chi connectivity index (χ1n) is 8.70. The van der Waals surface area contributed by atoms with Gasteiger partial charge in [-0.2, -0.15) is 0 Å². The van der Waals surface area contributed by atoms with Gasteiger partial charge >= 0.3 is 0 Å². The smallest absolute Gasteiger partial charge is 0.251 e. The molecule has 2 heterocycles. The van der Waals surface area contributed by atoms with E-state index in [1.807, 2.05) is 6.92 Å². The number of ether oxygens (including phenoxy) is 1. The molecule has 0 N–H and O–H groups in total. The molecule has 0 spiro atoms. The first-order valence-corrected chi connectivity index (χ1v) is 8.70. The fraction of sp³-hybridized carbons (Fsp3) is 0.556. The molecular formula is C18H25N3O3. The van der Waals surface area contributed by atoms with E-state index < -0.39 is 0 Å². The van der Waals surface area contributed by atoms with E-state index >= 15 is 0 Å². The van der Waals surface area contributed by atoms with Gasteiger partial charge in [0.15, 0.2) is 0 Å². The number of rotatable bonds is 5. The lowest BCUT2D eigenvalue weighted by Gasteiger charge is -2.36. The molecule has 0 aromatic heterocycles. The van der Waals surface area contributed by atoms with Crippen LogP contribution >= 0.6 is 0 Å². The molecule has 6 nitrogen and oxygen atoms in total. The molecule has 0 bridgehead atoms. The lowest BCUT2D eigenvalue weighted by molar-refractivity contribution is -0.123. The summed E-state index contributed by atoms with van der Waals surface area (Å²) in [5.41, 5.74) is 0.628. The normalized spacial score (nSPS) is 23.1. The van der Waals surface area contributed by atoms with Crippen molar-refractivity contribution in [1.29, 1.82) is 0 Å². The molecule has 130 valence electrons. The van der Waals surface area contributed by atoms with Gasteiger partial charge in [-0.1, -0.05) is 6.92 Å². The minimum atomic E-state index is -0.317. The molecule has 0 saturated carbocycles. The predicted molar refractivity (Wildman–Crippen MR) is 92.2 cm³/mol. The zero-order valence-corrected chi connectivity index (χ0v) is 14.4. The molecule has 6 heteroatoms. The summed E-state index contributed by atoms with van der Waals surface area (Å²) in [6, 6.07) is 6.83. The van der Waals surface area contributed by atoms with Gasteiger partial charge < -0.3 is 9.64 Å². The van der Waals surface area contributed by atoms with Crippen LogP contribution in [0.2, 0.25) is 0 Å². The van der Waals surface area contributed by atoms with Crippen molar-refractivity contribution in [3.05, 3.63) is 24.3 Å². The van der Waals surface area contributed by atoms with Crippen molar-refractivity contribution in [3.63, 3.8) is 0 Å². The largest absolute Gasteiger partial charge is 0.494 e. The quantitative estimate of drug-likeness (QED) is 0.763. The van der Waals surface area contributed by atoms with E-state index in [0.29, 0.717) is 12.3 Å². The molecule has 0 aliphatic carbocycles. The van der Waals surface area contributed by atoms with Crippen LogP contribution in [-0.2, 0) is 9.59 Å². The number of piperazine rings is 1. The van der Waals surface area contributed by atoms with Crippen LogP contribution in [0, 0.1) is 0 Å². The number of anilines is 1. The number of nitrogens with zero attached hydrogens (tertiary/aromatic N) is 3. The van der Waals surface area contributed by atoms with Crippen LogP contribution in [0.25, 0.3) is 0 Å². The minimum absolute atomic E-state index is 0.103. The molecule has 24 heavy (non-hydrogen) atoms. The number of benzene rings is 1. The number of imide groups is 1. The summed E-state index contributed by atoms with van der Waals surface area (Å²) in [4.78, 5) is 31.0. The van der Waals surface area contributed by atoms with Gasteiger partial charge in [-0.25, -0.2) is 4.90 Å². The molecule has 2 aliphatic rings. The Morgan fingerprint density at radius 1 is 1.04 bits per heavy atom. The predicted octanol–water partition coefficient (Wildman–Crippen LogP) is 1.35. The van der Waals surface area contributed by atoms with E-state index in [0.717, 1.165) is 38.5 Å². The van der Waals surface area contributed by atoms with Gasteiger partial charge in [0.05, 0.1) is 24.8 Å². The molecule has 1 atom stereocenters. The molecule has 3 rings (SSSR count). The van der Waals surface area contributed by atoms with E-state index in [1.54, 1.807) is 24.3 Å². The maximum Gasteiger partial charge on any atom is 0.251 e. The Morgan fingerprint density at radius 3 is 2.29 bits per heavy atom. The third-order valence-corrected chi connectivity index (χ3v) is 4.82. The summed E-state index contributed by atoms with van der Waals surface area (Å²) >= 11 is 0. The monoisotopic (exact) mass is 331 g/mol. The topological polar surface area (TPSA) is 53.1 Å². The standard InChI is InChI=1S/C18H25N3O3/c1-3-19-9-11-20(12-10-19)16-13-17(22)21(18(16)23)14-5-7-15(8-6-14)24-4-2/h5-8,16H,3-4,9-13H2,1-2H3. The molecule has 1 aromatic carbocycles. The van der Waals surface area contributed by atoms with Gasteiger partial charge in [-0.15, -0.1) is 0 Å². The van der Waals surface area contributed by atoms with Gasteiger partial charge in [0.2, 0.25) is 5.91 Å². The second kappa shape index (κ2) is 7.32. The Morgan fingerprint density at radius 2 is 1.71 bits per heavy atom. The van der Waals surface area contributed by atoms with Crippen LogP contribution < -0.4 is 9.64 Å². The highest BCUT2D eigenvalue weighted by molar-refractivity contribution is 6.22. The Kier molecular flexibility index (Phi) is 5.16. The molecule has 2 saturated heterocycles. The summed E-state index contributed by atoms with van der Waals surface area (Å²) in [5.74, 6) is 0.522. The maximum atomic E-state index is 12.8. The van der Waals surface area contributed by atoms with Crippen LogP contribution in [0.4, 0.5) is 5.69 Å². The van der Waals surface area contributed by atoms with Crippen molar-refractivity contribution >= 4 is 17.5 Å². The molecule has 0 radical (unpaired) electrons. The third kappa shape index (κ3) is 3.30. The van der Waals surface area contributed by atoms with Gasteiger partial charge in [-0.05, 0) is 37.7 Å². The van der Waals surface area contributed by atoms with Crippen molar-refractivity contribution < 1.29 is 14.3 Å². The van der Waals surface area contributed by atoms with Gasteiger partial charge in [0.1, 0.15) is 5.75 Å². The second-order valence-electron chi connectivity index (χ2n) is 6.18. The van der Waals surface area contributed by atoms with Crippen molar-refractivity contribution in [2.45, 2.75) is 26.3 Å². The average Bonchev–Trinajstić information content (AvgIpc) is 2.91. The number of carbonyl (C=O) groups excluding carboxylic acids is 2. The third-order valence-electron chi connectivity index (χ3n) is 4.82. The molecule has 1 aromatic rings. The maximum absolute atomic E-state index is 12.8. The van der Waals surface area contributed by atoms with Crippen LogP contribution in [-0.4, -0.2) is 67.0 Å². The lowest BCUT2D eigenvalue weighted by Crippen LogP contribution is -2.52. The highest BCUT2D eigenvalue weighted by Crippen LogP contribution is 2.27. The van der Waals surface area contributed by atoms with E-state index in [2.05, 4.69) is 16.7 Å². The van der Waals surface area contributed by atoms with Gasteiger partial charge in [0, 0.05) is 26.2 Å². The first kappa shape index (κ1) is 16.9. The zero-order valence-electron chi connectivity index (χ0n) is 14.4. The summed E-state index contributed by atoms with van der Waals surface area (Å²) in [7, 11) is 0. The summed E-state index contributed by atoms with van der Waals surface area (Å²) in [6.07, 6.45) is 0.276. The van der Waals surface area contributed by atoms with Crippen molar-refractivity contribution in [3.8, 4) is 5.75 Å². The van der Waals surface area contributed by atoms with Crippen LogP contribution in [0.3, 0.4) is 0 Å². The second-order valence-corrected chi connectivity index (χ2v) is 6.18. The van der Waals surface area contributed by atoms with E-state index in [1.165, 1.54) is 4.90 Å². The van der Waals surface area contributed by atoms with E-state index in [9.17, 15) is 9.59 Å². The SMILES string of the molecule is CCOc1ccc(N2C(=O)CC(N3CCN(CC)CC3)C2=O)cc1. The van der Waals surface area contributed by atoms with Crippen molar-refractivity contribution in [2.75, 3.05) is 44.2 Å². The van der Waals surface area contributed by atoms with Crippen LogP contribution in [0.1, 0.15) is 20.3 Å². The highest BCUT2D eigenvalue weighted by Gasteiger charge is 2.43. The molecule has 2 aliphatic heterocycles. The first-order chi connectivity index (χ1) is 11.6. The molecule has 2 fully saturated rings. The Labute approximate surface area is 143 Å². The average molecular weight is 331 g/mol. The fourth-order valence-electron chi connectivity index (χ4n) is 3.42. The van der Waals surface area contributed by atoms with E-state index in [4.69, 9.17) is 4.74 Å². The summed E-state index contributed by atoms with van der Waals surface area (Å²) < 4.78 is 5.41. The van der Waals surface area contributed by atoms with Gasteiger partial charge in [0.25, 0.3) is 5.91 Å². The number of likely N-dealkylation sites (N-methyl/N-ethyl adjacent to an activating group) is 1. The zero-order chi connectivity index (χ0) is 17.1.